The Morgan fingerprint density at radius 3 is 2.11 bits per heavy atom. The average Bonchev–Trinajstić information content (AvgIpc) is 2.25. The summed E-state index contributed by atoms with van der Waals surface area (Å²) in [5, 5.41) is 2.65. The molecule has 0 saturated heterocycles. The van der Waals surface area contributed by atoms with E-state index in [0.717, 1.165) is 4.47 Å². The highest BCUT2D eigenvalue weighted by atomic mass is 79.9. The maximum Gasteiger partial charge on any atom is 0.150 e. The number of nitrogens with one attached hydrogen (secondary N) is 1. The Morgan fingerprint density at radius 2 is 1.56 bits per heavy atom. The third-order valence-corrected chi connectivity index (χ3v) is 3.23. The molecule has 0 fully saturated rings. The van der Waals surface area contributed by atoms with Crippen LogP contribution in [-0.2, 0) is 0 Å². The van der Waals surface area contributed by atoms with Gasteiger partial charge in [0, 0.05) is 8.95 Å². The van der Waals surface area contributed by atoms with Gasteiger partial charge < -0.3 is 11.1 Å². The van der Waals surface area contributed by atoms with Crippen molar-refractivity contribution in [3.05, 3.63) is 50.9 Å². The summed E-state index contributed by atoms with van der Waals surface area (Å²) in [6.07, 6.45) is 0. The molecule has 0 aliphatic rings. The summed E-state index contributed by atoms with van der Waals surface area (Å²) in [6, 6.07) is 7.38. The first-order valence-electron chi connectivity index (χ1n) is 4.94. The standard InChI is InChI=1S/C12H8Br2F2N2/c13-6-1-2-11(10(17)5-6)18-12-8(15)3-7(14)4-9(12)16/h1-5,18H,17H2. The molecule has 0 heterocycles. The fourth-order valence-electron chi connectivity index (χ4n) is 1.44. The molecule has 0 aliphatic heterocycles. The lowest BCUT2D eigenvalue weighted by atomic mass is 10.2. The number of anilines is 3. The number of halogens is 4. The Balaban J connectivity index is 2.40. The van der Waals surface area contributed by atoms with Crippen molar-refractivity contribution >= 4 is 48.9 Å². The van der Waals surface area contributed by atoms with Gasteiger partial charge in [-0.3, -0.25) is 0 Å². The summed E-state index contributed by atoms with van der Waals surface area (Å²) < 4.78 is 28.4. The maximum absolute atomic E-state index is 13.6. The van der Waals surface area contributed by atoms with Crippen molar-refractivity contribution in [1.29, 1.82) is 0 Å². The molecule has 0 aliphatic carbocycles. The number of hydrogen-bond donors (Lipinski definition) is 2. The quantitative estimate of drug-likeness (QED) is 0.736. The maximum atomic E-state index is 13.6. The van der Waals surface area contributed by atoms with Crippen LogP contribution in [0.4, 0.5) is 25.8 Å². The van der Waals surface area contributed by atoms with Gasteiger partial charge in [0.1, 0.15) is 5.69 Å². The summed E-state index contributed by atoms with van der Waals surface area (Å²) in [5.74, 6) is -1.38. The highest BCUT2D eigenvalue weighted by molar-refractivity contribution is 9.10. The van der Waals surface area contributed by atoms with Crippen LogP contribution in [0.3, 0.4) is 0 Å². The summed E-state index contributed by atoms with van der Waals surface area (Å²) in [7, 11) is 0. The van der Waals surface area contributed by atoms with Gasteiger partial charge in [-0.25, -0.2) is 8.78 Å². The predicted molar refractivity (Wildman–Crippen MR) is 75.9 cm³/mol. The number of rotatable bonds is 2. The van der Waals surface area contributed by atoms with E-state index in [2.05, 4.69) is 37.2 Å². The molecule has 0 atom stereocenters. The Hall–Kier alpha value is -1.14. The first kappa shape index (κ1) is 13.3. The number of hydrogen-bond acceptors (Lipinski definition) is 2. The molecule has 6 heteroatoms. The fourth-order valence-corrected chi connectivity index (χ4v) is 2.22. The van der Waals surface area contributed by atoms with Crippen molar-refractivity contribution in [2.75, 3.05) is 11.1 Å². The zero-order valence-electron chi connectivity index (χ0n) is 8.98. The molecule has 0 saturated carbocycles. The lowest BCUT2D eigenvalue weighted by Crippen LogP contribution is -2.00. The van der Waals surface area contributed by atoms with Gasteiger partial charge in [0.2, 0.25) is 0 Å². The van der Waals surface area contributed by atoms with Crippen molar-refractivity contribution in [3.8, 4) is 0 Å². The van der Waals surface area contributed by atoms with Gasteiger partial charge in [-0.05, 0) is 30.3 Å². The second kappa shape index (κ2) is 5.24. The van der Waals surface area contributed by atoms with Crippen molar-refractivity contribution in [1.82, 2.24) is 0 Å². The van der Waals surface area contributed by atoms with Gasteiger partial charge in [0.25, 0.3) is 0 Å². The van der Waals surface area contributed by atoms with E-state index in [1.165, 1.54) is 12.1 Å². The van der Waals surface area contributed by atoms with Gasteiger partial charge in [-0.15, -0.1) is 0 Å². The predicted octanol–water partition coefficient (Wildman–Crippen LogP) is 4.82. The van der Waals surface area contributed by atoms with Crippen molar-refractivity contribution in [2.45, 2.75) is 0 Å². The SMILES string of the molecule is Nc1cc(Br)ccc1Nc1c(F)cc(Br)cc1F. The highest BCUT2D eigenvalue weighted by Crippen LogP contribution is 2.30. The summed E-state index contributed by atoms with van der Waals surface area (Å²) >= 11 is 6.28. The molecule has 0 spiro atoms. The van der Waals surface area contributed by atoms with Crippen LogP contribution in [0, 0.1) is 11.6 Å². The minimum atomic E-state index is -0.691. The van der Waals surface area contributed by atoms with E-state index < -0.39 is 11.6 Å². The zero-order valence-corrected chi connectivity index (χ0v) is 12.1. The zero-order chi connectivity index (χ0) is 13.3. The Labute approximate surface area is 119 Å². The highest BCUT2D eigenvalue weighted by Gasteiger charge is 2.12. The van der Waals surface area contributed by atoms with Crippen LogP contribution in [-0.4, -0.2) is 0 Å². The van der Waals surface area contributed by atoms with E-state index in [1.807, 2.05) is 0 Å². The molecule has 2 aromatic rings. The molecule has 0 aromatic heterocycles. The van der Waals surface area contributed by atoms with E-state index in [-0.39, 0.29) is 5.69 Å². The number of benzene rings is 2. The van der Waals surface area contributed by atoms with Crippen LogP contribution >= 0.6 is 31.9 Å². The Kier molecular flexibility index (Phi) is 3.87. The van der Waals surface area contributed by atoms with E-state index >= 15 is 0 Å². The minimum absolute atomic E-state index is 0.229. The molecule has 0 unspecified atom stereocenters. The second-order valence-corrected chi connectivity index (χ2v) is 5.43. The average molecular weight is 378 g/mol. The monoisotopic (exact) mass is 376 g/mol. The van der Waals surface area contributed by atoms with Crippen LogP contribution in [0.5, 0.6) is 0 Å². The van der Waals surface area contributed by atoms with Crippen LogP contribution in [0.25, 0.3) is 0 Å². The van der Waals surface area contributed by atoms with Gasteiger partial charge in [0.15, 0.2) is 11.6 Å². The molecule has 18 heavy (non-hydrogen) atoms. The molecular formula is C12H8Br2F2N2. The summed E-state index contributed by atoms with van der Waals surface area (Å²) in [4.78, 5) is 0. The second-order valence-electron chi connectivity index (χ2n) is 3.60. The number of nitrogen functional groups attached to an aromatic ring is 1. The Morgan fingerprint density at radius 1 is 0.944 bits per heavy atom. The van der Waals surface area contributed by atoms with Crippen LogP contribution in [0.1, 0.15) is 0 Å². The smallest absolute Gasteiger partial charge is 0.150 e. The van der Waals surface area contributed by atoms with Gasteiger partial charge in [0.05, 0.1) is 11.4 Å². The van der Waals surface area contributed by atoms with Crippen LogP contribution in [0.2, 0.25) is 0 Å². The molecule has 2 aromatic carbocycles. The van der Waals surface area contributed by atoms with Crippen molar-refractivity contribution in [2.24, 2.45) is 0 Å². The van der Waals surface area contributed by atoms with Crippen LogP contribution < -0.4 is 11.1 Å². The van der Waals surface area contributed by atoms with E-state index in [9.17, 15) is 8.78 Å². The summed E-state index contributed by atoms with van der Waals surface area (Å²) in [5.41, 5.74) is 6.36. The molecule has 0 radical (unpaired) electrons. The molecule has 94 valence electrons. The Bertz CT molecular complexity index is 580. The van der Waals surface area contributed by atoms with Gasteiger partial charge in [-0.1, -0.05) is 31.9 Å². The first-order chi connectivity index (χ1) is 8.47. The van der Waals surface area contributed by atoms with E-state index in [4.69, 9.17) is 5.73 Å². The van der Waals surface area contributed by atoms with Gasteiger partial charge in [-0.2, -0.15) is 0 Å². The molecule has 0 bridgehead atoms. The lowest BCUT2D eigenvalue weighted by Gasteiger charge is -2.11. The van der Waals surface area contributed by atoms with Crippen molar-refractivity contribution in [3.63, 3.8) is 0 Å². The summed E-state index contributed by atoms with van der Waals surface area (Å²) in [6.45, 7) is 0. The van der Waals surface area contributed by atoms with Gasteiger partial charge >= 0.3 is 0 Å². The topological polar surface area (TPSA) is 38.0 Å². The fraction of sp³-hybridized carbons (Fsp3) is 0. The van der Waals surface area contributed by atoms with Crippen LogP contribution in [0.15, 0.2) is 39.3 Å². The third-order valence-electron chi connectivity index (χ3n) is 2.28. The molecule has 3 N–H and O–H groups in total. The molecular weight excluding hydrogens is 370 g/mol. The third kappa shape index (κ3) is 2.81. The lowest BCUT2D eigenvalue weighted by molar-refractivity contribution is 0.589. The van der Waals surface area contributed by atoms with Crippen molar-refractivity contribution < 1.29 is 8.78 Å². The molecule has 2 rings (SSSR count). The molecule has 0 amide bonds. The molecule has 2 nitrogen and oxygen atoms in total. The normalized spacial score (nSPS) is 10.4. The number of nitrogens with two attached hydrogens (primary N) is 1. The first-order valence-corrected chi connectivity index (χ1v) is 6.52. The van der Waals surface area contributed by atoms with E-state index in [1.54, 1.807) is 18.2 Å². The van der Waals surface area contributed by atoms with E-state index in [0.29, 0.717) is 15.8 Å². The minimum Gasteiger partial charge on any atom is -0.397 e. The largest absolute Gasteiger partial charge is 0.397 e.